The maximum atomic E-state index is 14.2. The van der Waals surface area contributed by atoms with Gasteiger partial charge in [-0.25, -0.2) is 9.07 Å². The van der Waals surface area contributed by atoms with Crippen LogP contribution in [0.4, 0.5) is 30.7 Å². The average molecular weight is 482 g/mol. The number of benzene rings is 1. The molecule has 0 fully saturated rings. The standard InChI is InChI=1S/C18H7ClF7N3OS/c19-12-4-11(16(20,17(21,22)23)18(24,25)26)1-2-13(12)29-7-10(6-28-29)14-3-9(8-30)15(5-27)31-14/h1-4,6-8H. The molecule has 162 valence electrons. The van der Waals surface area contributed by atoms with E-state index < -0.39 is 28.6 Å². The highest BCUT2D eigenvalue weighted by Crippen LogP contribution is 2.53. The van der Waals surface area contributed by atoms with E-state index in [0.717, 1.165) is 22.1 Å². The van der Waals surface area contributed by atoms with Gasteiger partial charge in [-0.15, -0.1) is 11.3 Å². The summed E-state index contributed by atoms with van der Waals surface area (Å²) in [6, 6.07) is 4.61. The fraction of sp³-hybridized carbons (Fsp3) is 0.167. The van der Waals surface area contributed by atoms with E-state index in [9.17, 15) is 35.5 Å². The van der Waals surface area contributed by atoms with Crippen LogP contribution in [0.3, 0.4) is 0 Å². The Labute approximate surface area is 178 Å². The van der Waals surface area contributed by atoms with Crippen molar-refractivity contribution >= 4 is 29.2 Å². The molecule has 1 aromatic carbocycles. The molecule has 2 aromatic heterocycles. The zero-order valence-corrected chi connectivity index (χ0v) is 16.3. The van der Waals surface area contributed by atoms with Gasteiger partial charge in [0.1, 0.15) is 10.9 Å². The maximum absolute atomic E-state index is 14.2. The lowest BCUT2D eigenvalue weighted by Gasteiger charge is -2.30. The van der Waals surface area contributed by atoms with E-state index in [2.05, 4.69) is 5.10 Å². The molecule has 0 unspecified atom stereocenters. The SMILES string of the molecule is N#Cc1sc(-c2cnn(-c3ccc(C(F)(C(F)(F)F)C(F)(F)F)cc3Cl)c2)cc1C=O. The Morgan fingerprint density at radius 1 is 1.10 bits per heavy atom. The number of nitrogens with zero attached hydrogens (tertiary/aromatic N) is 3. The average Bonchev–Trinajstić information content (AvgIpc) is 3.31. The molecule has 0 aliphatic rings. The summed E-state index contributed by atoms with van der Waals surface area (Å²) in [6.45, 7) is 0. The second kappa shape index (κ2) is 7.65. The highest BCUT2D eigenvalue weighted by Gasteiger charge is 2.73. The number of carbonyl (C=O) groups excluding carboxylic acids is 1. The van der Waals surface area contributed by atoms with E-state index in [1.165, 1.54) is 18.5 Å². The molecule has 31 heavy (non-hydrogen) atoms. The number of aldehydes is 1. The molecule has 3 aromatic rings. The quantitative estimate of drug-likeness (QED) is 0.328. The van der Waals surface area contributed by atoms with Crippen molar-refractivity contribution in [2.24, 2.45) is 0 Å². The number of hydrogen-bond donors (Lipinski definition) is 0. The normalized spacial score (nSPS) is 12.6. The van der Waals surface area contributed by atoms with Gasteiger partial charge < -0.3 is 0 Å². The Morgan fingerprint density at radius 3 is 2.23 bits per heavy atom. The first-order valence-electron chi connectivity index (χ1n) is 8.00. The molecule has 0 saturated carbocycles. The highest BCUT2D eigenvalue weighted by atomic mass is 35.5. The van der Waals surface area contributed by atoms with E-state index >= 15 is 0 Å². The minimum Gasteiger partial charge on any atom is -0.298 e. The molecule has 0 spiro atoms. The van der Waals surface area contributed by atoms with Crippen molar-refractivity contribution in [3.05, 3.63) is 57.7 Å². The predicted octanol–water partition coefficient (Wildman–Crippen LogP) is 6.23. The first kappa shape index (κ1) is 22.8. The molecule has 0 N–H and O–H groups in total. The van der Waals surface area contributed by atoms with Crippen LogP contribution in [-0.2, 0) is 5.67 Å². The first-order chi connectivity index (χ1) is 14.3. The predicted molar refractivity (Wildman–Crippen MR) is 96.9 cm³/mol. The van der Waals surface area contributed by atoms with E-state index in [4.69, 9.17) is 16.9 Å². The van der Waals surface area contributed by atoms with Gasteiger partial charge in [0, 0.05) is 27.8 Å². The molecule has 0 aliphatic heterocycles. The van der Waals surface area contributed by atoms with Crippen LogP contribution < -0.4 is 0 Å². The van der Waals surface area contributed by atoms with E-state index in [1.807, 2.05) is 6.07 Å². The highest BCUT2D eigenvalue weighted by molar-refractivity contribution is 7.16. The molecule has 0 saturated heterocycles. The Kier molecular flexibility index (Phi) is 5.62. The summed E-state index contributed by atoms with van der Waals surface area (Å²) in [6.07, 6.45) is -9.41. The van der Waals surface area contributed by atoms with Crippen LogP contribution in [-0.4, -0.2) is 28.4 Å². The summed E-state index contributed by atoms with van der Waals surface area (Å²) in [7, 11) is 0. The van der Waals surface area contributed by atoms with Crippen LogP contribution >= 0.6 is 22.9 Å². The Bertz CT molecular complexity index is 1180. The molecule has 2 heterocycles. The molecule has 0 atom stereocenters. The van der Waals surface area contributed by atoms with Crippen molar-refractivity contribution in [1.29, 1.82) is 5.26 Å². The molecule has 0 radical (unpaired) electrons. The molecule has 3 rings (SSSR count). The fourth-order valence-electron chi connectivity index (χ4n) is 2.70. The third kappa shape index (κ3) is 3.79. The number of aromatic nitrogens is 2. The molecular formula is C18H7ClF7N3OS. The number of thiophene rings is 1. The van der Waals surface area contributed by atoms with Gasteiger partial charge in [-0.1, -0.05) is 17.7 Å². The zero-order chi connectivity index (χ0) is 23.2. The van der Waals surface area contributed by atoms with Crippen molar-refractivity contribution < 1.29 is 35.5 Å². The summed E-state index contributed by atoms with van der Waals surface area (Å²) in [5, 5.41) is 12.3. The van der Waals surface area contributed by atoms with Crippen LogP contribution in [0.5, 0.6) is 0 Å². The zero-order valence-electron chi connectivity index (χ0n) is 14.7. The van der Waals surface area contributed by atoms with Gasteiger partial charge in [0.2, 0.25) is 0 Å². The first-order valence-corrected chi connectivity index (χ1v) is 9.20. The second-order valence-corrected chi connectivity index (χ2v) is 7.58. The minimum absolute atomic E-state index is 0.115. The summed E-state index contributed by atoms with van der Waals surface area (Å²) in [5.41, 5.74) is -6.89. The summed E-state index contributed by atoms with van der Waals surface area (Å²) in [5.74, 6) is 0. The van der Waals surface area contributed by atoms with Gasteiger partial charge in [0.25, 0.3) is 0 Å². The summed E-state index contributed by atoms with van der Waals surface area (Å²) in [4.78, 5) is 11.6. The lowest BCUT2D eigenvalue weighted by molar-refractivity contribution is -0.348. The van der Waals surface area contributed by atoms with Gasteiger partial charge >= 0.3 is 18.0 Å². The number of carbonyl (C=O) groups is 1. The van der Waals surface area contributed by atoms with Gasteiger partial charge in [-0.2, -0.15) is 36.7 Å². The van der Waals surface area contributed by atoms with Crippen molar-refractivity contribution in [3.63, 3.8) is 0 Å². The maximum Gasteiger partial charge on any atom is 0.435 e. The van der Waals surface area contributed by atoms with Gasteiger partial charge in [0.15, 0.2) is 6.29 Å². The lowest BCUT2D eigenvalue weighted by Crippen LogP contribution is -2.50. The monoisotopic (exact) mass is 481 g/mol. The van der Waals surface area contributed by atoms with Gasteiger partial charge in [0.05, 0.1) is 16.9 Å². The second-order valence-electron chi connectivity index (χ2n) is 6.12. The minimum atomic E-state index is -6.26. The van der Waals surface area contributed by atoms with E-state index in [-0.39, 0.29) is 22.2 Å². The molecular weight excluding hydrogens is 475 g/mol. The fourth-order valence-corrected chi connectivity index (χ4v) is 3.87. The van der Waals surface area contributed by atoms with Crippen LogP contribution in [0.25, 0.3) is 16.1 Å². The lowest BCUT2D eigenvalue weighted by atomic mass is 9.94. The largest absolute Gasteiger partial charge is 0.435 e. The van der Waals surface area contributed by atoms with Gasteiger partial charge in [-0.05, 0) is 18.2 Å². The van der Waals surface area contributed by atoms with Crippen LogP contribution in [0.15, 0.2) is 36.7 Å². The Balaban J connectivity index is 2.03. The third-order valence-electron chi connectivity index (χ3n) is 4.23. The Hall–Kier alpha value is -2.91. The summed E-state index contributed by atoms with van der Waals surface area (Å²) < 4.78 is 92.8. The van der Waals surface area contributed by atoms with Crippen molar-refractivity contribution in [1.82, 2.24) is 9.78 Å². The number of rotatable bonds is 4. The molecule has 0 aliphatic carbocycles. The molecule has 4 nitrogen and oxygen atoms in total. The Morgan fingerprint density at radius 2 is 1.74 bits per heavy atom. The van der Waals surface area contributed by atoms with E-state index in [1.54, 1.807) is 0 Å². The number of hydrogen-bond acceptors (Lipinski definition) is 4. The van der Waals surface area contributed by atoms with Crippen LogP contribution in [0.2, 0.25) is 5.02 Å². The number of nitriles is 1. The number of halogens is 8. The smallest absolute Gasteiger partial charge is 0.298 e. The van der Waals surface area contributed by atoms with E-state index in [0.29, 0.717) is 22.8 Å². The molecule has 0 amide bonds. The third-order valence-corrected chi connectivity index (χ3v) is 5.64. The molecule has 0 bridgehead atoms. The van der Waals surface area contributed by atoms with Crippen LogP contribution in [0.1, 0.15) is 20.8 Å². The summed E-state index contributed by atoms with van der Waals surface area (Å²) >= 11 is 6.83. The molecule has 13 heteroatoms. The van der Waals surface area contributed by atoms with Crippen LogP contribution in [0, 0.1) is 11.3 Å². The van der Waals surface area contributed by atoms with Crippen molar-refractivity contribution in [2.45, 2.75) is 18.0 Å². The van der Waals surface area contributed by atoms with Crippen molar-refractivity contribution in [2.75, 3.05) is 0 Å². The number of alkyl halides is 7. The van der Waals surface area contributed by atoms with Gasteiger partial charge in [-0.3, -0.25) is 4.79 Å². The van der Waals surface area contributed by atoms with Crippen molar-refractivity contribution in [3.8, 4) is 22.2 Å². The topological polar surface area (TPSA) is 58.7 Å².